The molecule has 0 fully saturated rings. The molecule has 0 spiro atoms. The molecule has 2 aromatic carbocycles. The van der Waals surface area contributed by atoms with E-state index in [2.05, 4.69) is 21.2 Å². The maximum atomic E-state index is 10.9. The molecular formula is C14H12BrClN2O2. The Bertz CT molecular complexity index is 634. The molecule has 1 N–H and O–H groups in total. The first-order valence-electron chi connectivity index (χ1n) is 5.95. The van der Waals surface area contributed by atoms with Crippen LogP contribution in [-0.4, -0.2) is 4.92 Å². The first-order chi connectivity index (χ1) is 9.58. The van der Waals surface area contributed by atoms with Gasteiger partial charge in [0.2, 0.25) is 0 Å². The summed E-state index contributed by atoms with van der Waals surface area (Å²) in [6, 6.07) is 12.3. The molecule has 0 aliphatic carbocycles. The quantitative estimate of drug-likeness (QED) is 0.642. The van der Waals surface area contributed by atoms with E-state index in [0.717, 1.165) is 10.0 Å². The summed E-state index contributed by atoms with van der Waals surface area (Å²) in [5.41, 5.74) is 1.73. The van der Waals surface area contributed by atoms with Gasteiger partial charge < -0.3 is 5.32 Å². The van der Waals surface area contributed by atoms with Crippen LogP contribution in [0.4, 0.5) is 5.69 Å². The number of nitro benzene ring substituents is 1. The average Bonchev–Trinajstić information content (AvgIpc) is 2.43. The largest absolute Gasteiger partial charge is 0.308 e. The minimum absolute atomic E-state index is 0.125. The summed E-state index contributed by atoms with van der Waals surface area (Å²) in [6.07, 6.45) is 0. The van der Waals surface area contributed by atoms with Crippen LogP contribution in [0.5, 0.6) is 0 Å². The SMILES string of the molecule is O=[N+]([O-])c1ccccc1CNCc1cc(Br)ccc1Cl. The molecule has 0 bridgehead atoms. The molecule has 4 nitrogen and oxygen atoms in total. The van der Waals surface area contributed by atoms with Crippen LogP contribution >= 0.6 is 27.5 Å². The maximum Gasteiger partial charge on any atom is 0.273 e. The fourth-order valence-electron chi connectivity index (χ4n) is 1.85. The number of para-hydroxylation sites is 1. The molecule has 104 valence electrons. The zero-order chi connectivity index (χ0) is 14.5. The molecule has 6 heteroatoms. The molecule has 2 aromatic rings. The highest BCUT2D eigenvalue weighted by molar-refractivity contribution is 9.10. The Kier molecular flexibility index (Phi) is 5.11. The lowest BCUT2D eigenvalue weighted by atomic mass is 10.1. The van der Waals surface area contributed by atoms with Crippen LogP contribution < -0.4 is 5.32 Å². The number of rotatable bonds is 5. The summed E-state index contributed by atoms with van der Waals surface area (Å²) in [7, 11) is 0. The Hall–Kier alpha value is -1.43. The second kappa shape index (κ2) is 6.83. The normalized spacial score (nSPS) is 10.5. The highest BCUT2D eigenvalue weighted by Gasteiger charge is 2.11. The minimum Gasteiger partial charge on any atom is -0.308 e. The third-order valence-corrected chi connectivity index (χ3v) is 3.69. The van der Waals surface area contributed by atoms with Crippen molar-refractivity contribution in [3.63, 3.8) is 0 Å². The fraction of sp³-hybridized carbons (Fsp3) is 0.143. The van der Waals surface area contributed by atoms with Gasteiger partial charge in [-0.3, -0.25) is 10.1 Å². The molecule has 0 atom stereocenters. The molecular weight excluding hydrogens is 344 g/mol. The molecule has 0 saturated heterocycles. The van der Waals surface area contributed by atoms with E-state index in [0.29, 0.717) is 23.7 Å². The number of halogens is 2. The Morgan fingerprint density at radius 2 is 1.85 bits per heavy atom. The van der Waals surface area contributed by atoms with Gasteiger partial charge in [-0.15, -0.1) is 0 Å². The molecule has 0 aliphatic rings. The third-order valence-electron chi connectivity index (χ3n) is 2.83. The van der Waals surface area contributed by atoms with Gasteiger partial charge in [-0.2, -0.15) is 0 Å². The van der Waals surface area contributed by atoms with Crippen LogP contribution in [0.15, 0.2) is 46.9 Å². The van der Waals surface area contributed by atoms with Crippen molar-refractivity contribution in [3.8, 4) is 0 Å². The van der Waals surface area contributed by atoms with Crippen LogP contribution in [0.25, 0.3) is 0 Å². The van der Waals surface area contributed by atoms with E-state index in [1.54, 1.807) is 18.2 Å². The topological polar surface area (TPSA) is 55.2 Å². The lowest BCUT2D eigenvalue weighted by molar-refractivity contribution is -0.385. The van der Waals surface area contributed by atoms with E-state index in [1.807, 2.05) is 18.2 Å². The van der Waals surface area contributed by atoms with Crippen LogP contribution in [-0.2, 0) is 13.1 Å². The van der Waals surface area contributed by atoms with Gasteiger partial charge in [-0.25, -0.2) is 0 Å². The molecule has 0 heterocycles. The van der Waals surface area contributed by atoms with Gasteiger partial charge in [-0.1, -0.05) is 45.7 Å². The summed E-state index contributed by atoms with van der Waals surface area (Å²) in [5.74, 6) is 0. The van der Waals surface area contributed by atoms with Crippen molar-refractivity contribution in [2.24, 2.45) is 0 Å². The summed E-state index contributed by atoms with van der Waals surface area (Å²) in [4.78, 5) is 10.5. The zero-order valence-electron chi connectivity index (χ0n) is 10.5. The van der Waals surface area contributed by atoms with Gasteiger partial charge >= 0.3 is 0 Å². The standard InChI is InChI=1S/C14H12BrClN2O2/c15-12-5-6-13(16)11(7-12)9-17-8-10-3-1-2-4-14(10)18(19)20/h1-7,17H,8-9H2. The second-order valence-corrected chi connectivity index (χ2v) is 5.55. The number of benzene rings is 2. The highest BCUT2D eigenvalue weighted by Crippen LogP contribution is 2.21. The van der Waals surface area contributed by atoms with Crippen molar-refractivity contribution in [2.75, 3.05) is 0 Å². The molecule has 0 unspecified atom stereocenters. The van der Waals surface area contributed by atoms with Gasteiger partial charge in [0.25, 0.3) is 5.69 Å². The van der Waals surface area contributed by atoms with E-state index < -0.39 is 0 Å². The number of nitrogens with zero attached hydrogens (tertiary/aromatic N) is 1. The lowest BCUT2D eigenvalue weighted by Crippen LogP contribution is -2.14. The summed E-state index contributed by atoms with van der Waals surface area (Å²) < 4.78 is 0.949. The van der Waals surface area contributed by atoms with Crippen LogP contribution in [0.1, 0.15) is 11.1 Å². The van der Waals surface area contributed by atoms with Gasteiger partial charge in [0, 0.05) is 34.2 Å². The Labute approximate surface area is 130 Å². The Morgan fingerprint density at radius 1 is 1.15 bits per heavy atom. The average molecular weight is 356 g/mol. The number of hydrogen-bond acceptors (Lipinski definition) is 3. The third kappa shape index (κ3) is 3.79. The first-order valence-corrected chi connectivity index (χ1v) is 7.12. The zero-order valence-corrected chi connectivity index (χ0v) is 12.8. The molecule has 0 saturated carbocycles. The Balaban J connectivity index is 2.03. The minimum atomic E-state index is -0.372. The summed E-state index contributed by atoms with van der Waals surface area (Å²) >= 11 is 9.48. The van der Waals surface area contributed by atoms with Gasteiger partial charge in [0.1, 0.15) is 0 Å². The molecule has 0 amide bonds. The fourth-order valence-corrected chi connectivity index (χ4v) is 2.44. The van der Waals surface area contributed by atoms with Crippen molar-refractivity contribution >= 4 is 33.2 Å². The highest BCUT2D eigenvalue weighted by atomic mass is 79.9. The van der Waals surface area contributed by atoms with Crippen molar-refractivity contribution in [1.82, 2.24) is 5.32 Å². The molecule has 2 rings (SSSR count). The van der Waals surface area contributed by atoms with E-state index in [9.17, 15) is 10.1 Å². The smallest absolute Gasteiger partial charge is 0.273 e. The van der Waals surface area contributed by atoms with Gasteiger partial charge in [0.05, 0.1) is 4.92 Å². The van der Waals surface area contributed by atoms with Crippen LogP contribution in [0.3, 0.4) is 0 Å². The van der Waals surface area contributed by atoms with Crippen molar-refractivity contribution < 1.29 is 4.92 Å². The number of hydrogen-bond donors (Lipinski definition) is 1. The van der Waals surface area contributed by atoms with Crippen LogP contribution in [0, 0.1) is 10.1 Å². The lowest BCUT2D eigenvalue weighted by Gasteiger charge is -2.08. The molecule has 0 aliphatic heterocycles. The van der Waals surface area contributed by atoms with Crippen molar-refractivity contribution in [2.45, 2.75) is 13.1 Å². The first kappa shape index (κ1) is 15.0. The van der Waals surface area contributed by atoms with Crippen molar-refractivity contribution in [1.29, 1.82) is 0 Å². The summed E-state index contributed by atoms with van der Waals surface area (Å²) in [5, 5.41) is 14.7. The van der Waals surface area contributed by atoms with E-state index in [-0.39, 0.29) is 10.6 Å². The maximum absolute atomic E-state index is 10.9. The van der Waals surface area contributed by atoms with Crippen LogP contribution in [0.2, 0.25) is 5.02 Å². The summed E-state index contributed by atoms with van der Waals surface area (Å²) in [6.45, 7) is 0.963. The predicted octanol–water partition coefficient (Wildman–Crippen LogP) is 4.30. The van der Waals surface area contributed by atoms with E-state index in [1.165, 1.54) is 6.07 Å². The molecule has 0 radical (unpaired) electrons. The number of nitro groups is 1. The number of nitrogens with one attached hydrogen (secondary N) is 1. The molecule has 20 heavy (non-hydrogen) atoms. The molecule has 0 aromatic heterocycles. The van der Waals surface area contributed by atoms with Crippen molar-refractivity contribution in [3.05, 3.63) is 73.2 Å². The predicted molar refractivity (Wildman–Crippen MR) is 82.8 cm³/mol. The van der Waals surface area contributed by atoms with E-state index >= 15 is 0 Å². The monoisotopic (exact) mass is 354 g/mol. The van der Waals surface area contributed by atoms with Gasteiger partial charge in [0.15, 0.2) is 0 Å². The van der Waals surface area contributed by atoms with Gasteiger partial charge in [-0.05, 0) is 23.8 Å². The van der Waals surface area contributed by atoms with E-state index in [4.69, 9.17) is 11.6 Å². The second-order valence-electron chi connectivity index (χ2n) is 4.23. The Morgan fingerprint density at radius 3 is 2.60 bits per heavy atom.